The van der Waals surface area contributed by atoms with Crippen molar-refractivity contribution in [3.05, 3.63) is 77.2 Å². The van der Waals surface area contributed by atoms with Crippen LogP contribution in [0.4, 0.5) is 8.78 Å². The van der Waals surface area contributed by atoms with E-state index in [1.165, 1.54) is 30.5 Å². The second kappa shape index (κ2) is 7.91. The molecule has 0 spiro atoms. The normalized spacial score (nSPS) is 17.4. The van der Waals surface area contributed by atoms with Gasteiger partial charge in [0.05, 0.1) is 24.4 Å². The van der Waals surface area contributed by atoms with Crippen LogP contribution in [0, 0.1) is 11.6 Å². The molecule has 0 fully saturated rings. The van der Waals surface area contributed by atoms with E-state index in [0.29, 0.717) is 34.4 Å². The van der Waals surface area contributed by atoms with Crippen molar-refractivity contribution < 1.29 is 23.4 Å². The number of nitrogens with zero attached hydrogens (tertiary/aromatic N) is 4. The molecule has 2 aromatic carbocycles. The summed E-state index contributed by atoms with van der Waals surface area (Å²) >= 11 is 0. The lowest BCUT2D eigenvalue weighted by atomic mass is 9.87. The zero-order valence-corrected chi connectivity index (χ0v) is 18.4. The van der Waals surface area contributed by atoms with Crippen LogP contribution in [0.15, 0.2) is 48.8 Å². The molecule has 170 valence electrons. The number of ether oxygens (including phenoxy) is 1. The standard InChI is InChI=1S/C24H19BF2N4O3/c1-3-34-20-7-6-14(16-11-30(2)29-21(16)20)13-9-18(26)17(19(27)10-13)12-31-23(32)15-5-4-8-28-22(15)24(31,25)33/h4-11,33H,3,12H2,1-2H3. The highest BCUT2D eigenvalue weighted by atomic mass is 19.1. The van der Waals surface area contributed by atoms with Gasteiger partial charge in [0, 0.05) is 30.4 Å². The maximum absolute atomic E-state index is 15.2. The van der Waals surface area contributed by atoms with Crippen LogP contribution in [-0.2, 0) is 19.2 Å². The third kappa shape index (κ3) is 3.33. The SMILES string of the molecule is [B]C1(O)c2ncccc2C(=O)N1Cc1c(F)cc(-c2ccc(OCC)c3nn(C)cc23)cc1F. The zero-order valence-electron chi connectivity index (χ0n) is 18.4. The van der Waals surface area contributed by atoms with Gasteiger partial charge in [0.25, 0.3) is 5.91 Å². The van der Waals surface area contributed by atoms with E-state index >= 15 is 8.78 Å². The highest BCUT2D eigenvalue weighted by molar-refractivity contribution is 6.19. The number of fused-ring (bicyclic) bond motifs is 2. The number of hydrogen-bond acceptors (Lipinski definition) is 5. The van der Waals surface area contributed by atoms with Gasteiger partial charge in [-0.25, -0.2) is 8.78 Å². The van der Waals surface area contributed by atoms with E-state index in [2.05, 4.69) is 10.1 Å². The molecule has 1 aliphatic heterocycles. The van der Waals surface area contributed by atoms with Gasteiger partial charge in [-0.15, -0.1) is 0 Å². The van der Waals surface area contributed by atoms with Gasteiger partial charge >= 0.3 is 0 Å². The highest BCUT2D eigenvalue weighted by Crippen LogP contribution is 2.37. The molecule has 3 heterocycles. The summed E-state index contributed by atoms with van der Waals surface area (Å²) < 4.78 is 37.6. The molecule has 1 atom stereocenters. The van der Waals surface area contributed by atoms with Crippen molar-refractivity contribution in [2.45, 2.75) is 19.1 Å². The predicted molar refractivity (Wildman–Crippen MR) is 121 cm³/mol. The fourth-order valence-corrected chi connectivity index (χ4v) is 4.28. The Balaban J connectivity index is 1.54. The summed E-state index contributed by atoms with van der Waals surface area (Å²) in [5.41, 5.74) is -1.23. The van der Waals surface area contributed by atoms with E-state index in [4.69, 9.17) is 12.6 Å². The largest absolute Gasteiger partial charge is 0.492 e. The second-order valence-corrected chi connectivity index (χ2v) is 8.04. The molecule has 0 aliphatic carbocycles. The monoisotopic (exact) mass is 460 g/mol. The van der Waals surface area contributed by atoms with Crippen LogP contribution in [-0.4, -0.2) is 45.1 Å². The molecule has 5 rings (SSSR count). The van der Waals surface area contributed by atoms with E-state index < -0.39 is 35.3 Å². The molecule has 7 nitrogen and oxygen atoms in total. The third-order valence-corrected chi connectivity index (χ3v) is 5.87. The first-order valence-corrected chi connectivity index (χ1v) is 10.6. The minimum Gasteiger partial charge on any atom is -0.492 e. The number of halogens is 2. The number of carbonyl (C=O) groups is 1. The topological polar surface area (TPSA) is 80.5 Å². The Kier molecular flexibility index (Phi) is 5.13. The van der Waals surface area contributed by atoms with Crippen molar-refractivity contribution in [2.24, 2.45) is 7.05 Å². The van der Waals surface area contributed by atoms with Gasteiger partial charge in [0.2, 0.25) is 0 Å². The summed E-state index contributed by atoms with van der Waals surface area (Å²) in [4.78, 5) is 17.5. The van der Waals surface area contributed by atoms with Gasteiger partial charge in [-0.3, -0.25) is 14.5 Å². The van der Waals surface area contributed by atoms with E-state index in [0.717, 1.165) is 4.90 Å². The summed E-state index contributed by atoms with van der Waals surface area (Å²) in [6, 6.07) is 8.75. The molecule has 0 saturated carbocycles. The summed E-state index contributed by atoms with van der Waals surface area (Å²) in [5, 5.41) is 15.8. The molecule has 1 amide bonds. The summed E-state index contributed by atoms with van der Waals surface area (Å²) in [5.74, 6) is -1.86. The Bertz CT molecular complexity index is 1430. The molecule has 4 aromatic rings. The van der Waals surface area contributed by atoms with Gasteiger partial charge in [0.1, 0.15) is 28.5 Å². The summed E-state index contributed by atoms with van der Waals surface area (Å²) in [6.45, 7) is 1.73. The molecule has 2 aromatic heterocycles. The fraction of sp³-hybridized carbons (Fsp3) is 0.208. The van der Waals surface area contributed by atoms with Crippen LogP contribution < -0.4 is 4.74 Å². The lowest BCUT2D eigenvalue weighted by Gasteiger charge is -2.31. The first-order chi connectivity index (χ1) is 16.2. The summed E-state index contributed by atoms with van der Waals surface area (Å²) in [7, 11) is 7.68. The summed E-state index contributed by atoms with van der Waals surface area (Å²) in [6.07, 6.45) is 3.12. The number of carbonyl (C=O) groups excluding carboxylic acids is 1. The highest BCUT2D eigenvalue weighted by Gasteiger charge is 2.46. The van der Waals surface area contributed by atoms with Gasteiger partial charge in [-0.2, -0.15) is 5.10 Å². The van der Waals surface area contributed by atoms with Crippen LogP contribution in [0.25, 0.3) is 22.0 Å². The maximum Gasteiger partial charge on any atom is 0.258 e. The molecular weight excluding hydrogens is 441 g/mol. The lowest BCUT2D eigenvalue weighted by Crippen LogP contribution is -2.44. The first kappa shape index (κ1) is 22.0. The quantitative estimate of drug-likeness (QED) is 0.463. The second-order valence-electron chi connectivity index (χ2n) is 8.04. The zero-order chi connectivity index (χ0) is 24.2. The van der Waals surface area contributed by atoms with E-state index in [9.17, 15) is 9.90 Å². The van der Waals surface area contributed by atoms with Crippen LogP contribution in [0.2, 0.25) is 0 Å². The van der Waals surface area contributed by atoms with Crippen molar-refractivity contribution in [3.8, 4) is 16.9 Å². The molecule has 1 N–H and O–H groups in total. The average molecular weight is 460 g/mol. The van der Waals surface area contributed by atoms with Crippen molar-refractivity contribution in [3.63, 3.8) is 0 Å². The molecule has 0 saturated heterocycles. The average Bonchev–Trinajstić information content (AvgIpc) is 3.27. The molecule has 10 heteroatoms. The van der Waals surface area contributed by atoms with Crippen molar-refractivity contribution in [1.82, 2.24) is 19.7 Å². The number of aryl methyl sites for hydroxylation is 1. The number of aromatic nitrogens is 3. The molecule has 1 aliphatic rings. The van der Waals surface area contributed by atoms with Gasteiger partial charge in [-0.1, -0.05) is 0 Å². The maximum atomic E-state index is 15.2. The number of pyridine rings is 1. The molecular formula is C24H19BF2N4O3. The van der Waals surface area contributed by atoms with Crippen molar-refractivity contribution in [1.29, 1.82) is 0 Å². The Morgan fingerprint density at radius 2 is 1.91 bits per heavy atom. The molecule has 2 radical (unpaired) electrons. The van der Waals surface area contributed by atoms with E-state index in [1.54, 1.807) is 30.1 Å². The molecule has 1 unspecified atom stereocenters. The number of rotatable bonds is 5. The predicted octanol–water partition coefficient (Wildman–Crippen LogP) is 3.24. The van der Waals surface area contributed by atoms with Crippen LogP contribution in [0.3, 0.4) is 0 Å². The number of aliphatic hydroxyl groups is 1. The molecule has 34 heavy (non-hydrogen) atoms. The molecule has 0 bridgehead atoms. The van der Waals surface area contributed by atoms with Crippen LogP contribution in [0.1, 0.15) is 28.5 Å². The van der Waals surface area contributed by atoms with Gasteiger partial charge in [0.15, 0.2) is 7.85 Å². The van der Waals surface area contributed by atoms with E-state index in [1.807, 2.05) is 6.92 Å². The smallest absolute Gasteiger partial charge is 0.258 e. The minimum absolute atomic E-state index is 0.0641. The van der Waals surface area contributed by atoms with Crippen molar-refractivity contribution >= 4 is 24.7 Å². The van der Waals surface area contributed by atoms with Crippen LogP contribution in [0.5, 0.6) is 5.75 Å². The van der Waals surface area contributed by atoms with Gasteiger partial charge < -0.3 is 14.7 Å². The number of amides is 1. The Morgan fingerprint density at radius 1 is 1.18 bits per heavy atom. The van der Waals surface area contributed by atoms with Crippen molar-refractivity contribution in [2.75, 3.05) is 6.61 Å². The Labute approximate surface area is 195 Å². The Morgan fingerprint density at radius 3 is 2.59 bits per heavy atom. The lowest BCUT2D eigenvalue weighted by molar-refractivity contribution is -0.0231. The van der Waals surface area contributed by atoms with Gasteiger partial charge in [-0.05, 0) is 54.4 Å². The first-order valence-electron chi connectivity index (χ1n) is 10.6. The number of hydrogen-bond donors (Lipinski definition) is 1. The van der Waals surface area contributed by atoms with Crippen LogP contribution >= 0.6 is 0 Å². The van der Waals surface area contributed by atoms with E-state index in [-0.39, 0.29) is 11.3 Å². The fourth-order valence-electron chi connectivity index (χ4n) is 4.28. The Hall–Kier alpha value is -3.79. The third-order valence-electron chi connectivity index (χ3n) is 5.87. The minimum atomic E-state index is -2.29. The number of benzene rings is 2.